The Balaban J connectivity index is 1.89. The fraction of sp³-hybridized carbons (Fsp3) is 0.556. The van der Waals surface area contributed by atoms with Gasteiger partial charge in [-0.25, -0.2) is 4.98 Å². The van der Waals surface area contributed by atoms with Crippen LogP contribution in [0.15, 0.2) is 18.5 Å². The summed E-state index contributed by atoms with van der Waals surface area (Å²) < 4.78 is 47.8. The Labute approximate surface area is 149 Å². The van der Waals surface area contributed by atoms with E-state index in [1.165, 1.54) is 17.0 Å². The number of ketones is 1. The summed E-state index contributed by atoms with van der Waals surface area (Å²) in [5.74, 6) is 0.235. The molecule has 0 spiro atoms. The molecule has 26 heavy (non-hydrogen) atoms. The molecule has 0 aliphatic carbocycles. The summed E-state index contributed by atoms with van der Waals surface area (Å²) in [6, 6.07) is 2.21. The van der Waals surface area contributed by atoms with Gasteiger partial charge in [0.15, 0.2) is 0 Å². The quantitative estimate of drug-likeness (QED) is 0.892. The third kappa shape index (κ3) is 3.85. The number of imidazole rings is 1. The number of carbonyl (C=O) groups is 1. The van der Waals surface area contributed by atoms with Crippen molar-refractivity contribution in [2.45, 2.75) is 57.9 Å². The van der Waals surface area contributed by atoms with Gasteiger partial charge in [0.25, 0.3) is 0 Å². The monoisotopic (exact) mass is 369 g/mol. The Morgan fingerprint density at radius 3 is 2.69 bits per heavy atom. The third-order valence-electron chi connectivity index (χ3n) is 4.48. The maximum atomic E-state index is 13.6. The van der Waals surface area contributed by atoms with Crippen LogP contribution in [0.5, 0.6) is 5.75 Å². The fourth-order valence-electron chi connectivity index (χ4n) is 3.36. The minimum atomic E-state index is -4.52. The Bertz CT molecular complexity index is 814. The number of Topliss-reactive ketones (excluding diaryl/α,β-unsaturated/α-hetero) is 1. The number of piperidine rings is 1. The van der Waals surface area contributed by atoms with Crippen molar-refractivity contribution in [1.29, 1.82) is 0 Å². The van der Waals surface area contributed by atoms with Crippen LogP contribution in [-0.4, -0.2) is 34.0 Å². The van der Waals surface area contributed by atoms with Crippen molar-refractivity contribution >= 4 is 16.8 Å². The van der Waals surface area contributed by atoms with Crippen LogP contribution in [0.3, 0.4) is 0 Å². The van der Waals surface area contributed by atoms with Crippen LogP contribution in [0.25, 0.3) is 11.0 Å². The molecule has 0 saturated carbocycles. The lowest BCUT2D eigenvalue weighted by Gasteiger charge is -2.27. The fourth-order valence-corrected chi connectivity index (χ4v) is 3.36. The first-order valence-corrected chi connectivity index (χ1v) is 8.63. The number of aromatic nitrogens is 2. The molecule has 1 aliphatic heterocycles. The average molecular weight is 369 g/mol. The van der Waals surface area contributed by atoms with Gasteiger partial charge in [0.05, 0.1) is 22.9 Å². The number of alkyl halides is 3. The number of fused-ring (bicyclic) bond motifs is 1. The number of rotatable bonds is 4. The molecule has 1 aliphatic rings. The van der Waals surface area contributed by atoms with E-state index >= 15 is 0 Å². The van der Waals surface area contributed by atoms with Crippen molar-refractivity contribution in [3.05, 3.63) is 24.0 Å². The standard InChI is InChI=1S/C18H22F3N3O2/c1-10(2)24-9-22-16-7-14(6-15(17(16)24)18(19,20)21)26-8-12-5-13(25)4-11(3)23-12/h6-7,9-12,23H,4-5,8H2,1-3H3/t11-,12-/m0/s1. The van der Waals surface area contributed by atoms with Gasteiger partial charge in [0.1, 0.15) is 18.1 Å². The zero-order valence-corrected chi connectivity index (χ0v) is 14.9. The minimum Gasteiger partial charge on any atom is -0.492 e. The molecular weight excluding hydrogens is 347 g/mol. The predicted molar refractivity (Wildman–Crippen MR) is 91.2 cm³/mol. The predicted octanol–water partition coefficient (Wildman–Crippen LogP) is 3.72. The normalized spacial score (nSPS) is 21.6. The largest absolute Gasteiger partial charge is 0.492 e. The molecule has 1 saturated heterocycles. The van der Waals surface area contributed by atoms with Crippen LogP contribution in [0.1, 0.15) is 45.2 Å². The Morgan fingerprint density at radius 1 is 1.35 bits per heavy atom. The summed E-state index contributed by atoms with van der Waals surface area (Å²) >= 11 is 0. The first-order chi connectivity index (χ1) is 12.1. The second kappa shape index (κ2) is 6.90. The first kappa shape index (κ1) is 18.7. The Kier molecular flexibility index (Phi) is 4.96. The van der Waals surface area contributed by atoms with Crippen molar-refractivity contribution in [2.75, 3.05) is 6.61 Å². The van der Waals surface area contributed by atoms with Crippen molar-refractivity contribution < 1.29 is 22.7 Å². The molecule has 1 aromatic carbocycles. The smallest absolute Gasteiger partial charge is 0.418 e. The van der Waals surface area contributed by atoms with Gasteiger partial charge in [-0.2, -0.15) is 13.2 Å². The van der Waals surface area contributed by atoms with E-state index in [2.05, 4.69) is 10.3 Å². The molecule has 2 heterocycles. The lowest BCUT2D eigenvalue weighted by atomic mass is 9.99. The molecular formula is C18H22F3N3O2. The number of carbonyl (C=O) groups excluding carboxylic acids is 1. The van der Waals surface area contributed by atoms with Gasteiger partial charge in [-0.3, -0.25) is 4.79 Å². The molecule has 0 radical (unpaired) electrons. The summed E-state index contributed by atoms with van der Waals surface area (Å²) in [6.07, 6.45) is -2.32. The van der Waals surface area contributed by atoms with Gasteiger partial charge in [-0.1, -0.05) is 0 Å². The van der Waals surface area contributed by atoms with Crippen LogP contribution in [-0.2, 0) is 11.0 Å². The number of halogens is 3. The molecule has 0 amide bonds. The number of hydrogen-bond donors (Lipinski definition) is 1. The minimum absolute atomic E-state index is 0.0415. The van der Waals surface area contributed by atoms with Gasteiger partial charge in [0, 0.05) is 37.0 Å². The van der Waals surface area contributed by atoms with Gasteiger partial charge in [-0.15, -0.1) is 0 Å². The first-order valence-electron chi connectivity index (χ1n) is 8.63. The number of nitrogens with zero attached hydrogens (tertiary/aromatic N) is 2. The van der Waals surface area contributed by atoms with Crippen molar-refractivity contribution in [3.63, 3.8) is 0 Å². The van der Waals surface area contributed by atoms with Crippen LogP contribution in [0.4, 0.5) is 13.2 Å². The molecule has 3 rings (SSSR count). The second-order valence-electron chi connectivity index (χ2n) is 7.10. The molecule has 8 heteroatoms. The highest BCUT2D eigenvalue weighted by molar-refractivity contribution is 5.82. The van der Waals surface area contributed by atoms with E-state index < -0.39 is 11.7 Å². The highest BCUT2D eigenvalue weighted by Gasteiger charge is 2.35. The number of nitrogens with one attached hydrogen (secondary N) is 1. The second-order valence-corrected chi connectivity index (χ2v) is 7.10. The maximum Gasteiger partial charge on any atom is 0.418 e. The zero-order valence-electron chi connectivity index (χ0n) is 14.9. The highest BCUT2D eigenvalue weighted by atomic mass is 19.4. The van der Waals surface area contributed by atoms with E-state index in [0.29, 0.717) is 12.8 Å². The van der Waals surface area contributed by atoms with E-state index in [4.69, 9.17) is 4.74 Å². The summed E-state index contributed by atoms with van der Waals surface area (Å²) in [5.41, 5.74) is -0.471. The molecule has 2 aromatic rings. The Morgan fingerprint density at radius 2 is 2.08 bits per heavy atom. The summed E-state index contributed by atoms with van der Waals surface area (Å²) in [5, 5.41) is 3.23. The molecule has 2 atom stereocenters. The average Bonchev–Trinajstić information content (AvgIpc) is 2.94. The number of benzene rings is 1. The summed E-state index contributed by atoms with van der Waals surface area (Å²) in [7, 11) is 0. The van der Waals surface area contributed by atoms with Gasteiger partial charge in [-0.05, 0) is 26.8 Å². The van der Waals surface area contributed by atoms with E-state index in [1.807, 2.05) is 6.92 Å². The van der Waals surface area contributed by atoms with Crippen LogP contribution < -0.4 is 10.1 Å². The van der Waals surface area contributed by atoms with Crippen LogP contribution >= 0.6 is 0 Å². The SMILES string of the molecule is CC(C)n1cnc2cc(OC[C@@H]3CC(=O)C[C@H](C)N3)cc(C(F)(F)F)c21. The van der Waals surface area contributed by atoms with Crippen molar-refractivity contribution in [2.24, 2.45) is 0 Å². The summed E-state index contributed by atoms with van der Waals surface area (Å²) in [6.45, 7) is 5.64. The molecule has 1 fully saturated rings. The lowest BCUT2D eigenvalue weighted by Crippen LogP contribution is -2.47. The van der Waals surface area contributed by atoms with E-state index in [0.717, 1.165) is 6.07 Å². The molecule has 1 aromatic heterocycles. The maximum absolute atomic E-state index is 13.6. The molecule has 0 unspecified atom stereocenters. The van der Waals surface area contributed by atoms with E-state index in [1.54, 1.807) is 13.8 Å². The zero-order chi connectivity index (χ0) is 19.1. The summed E-state index contributed by atoms with van der Waals surface area (Å²) in [4.78, 5) is 15.8. The Hall–Kier alpha value is -2.09. The van der Waals surface area contributed by atoms with Crippen molar-refractivity contribution in [1.82, 2.24) is 14.9 Å². The number of ether oxygens (including phenoxy) is 1. The number of hydrogen-bond acceptors (Lipinski definition) is 4. The van der Waals surface area contributed by atoms with Crippen LogP contribution in [0.2, 0.25) is 0 Å². The molecule has 142 valence electrons. The third-order valence-corrected chi connectivity index (χ3v) is 4.48. The molecule has 0 bridgehead atoms. The molecule has 5 nitrogen and oxygen atoms in total. The van der Waals surface area contributed by atoms with E-state index in [-0.39, 0.29) is 47.3 Å². The lowest BCUT2D eigenvalue weighted by molar-refractivity contribution is -0.136. The van der Waals surface area contributed by atoms with Gasteiger partial charge >= 0.3 is 6.18 Å². The van der Waals surface area contributed by atoms with Crippen LogP contribution in [0, 0.1) is 0 Å². The highest BCUT2D eigenvalue weighted by Crippen LogP contribution is 2.38. The van der Waals surface area contributed by atoms with Gasteiger partial charge < -0.3 is 14.6 Å². The van der Waals surface area contributed by atoms with Crippen molar-refractivity contribution in [3.8, 4) is 5.75 Å². The topological polar surface area (TPSA) is 56.2 Å². The molecule has 1 N–H and O–H groups in total. The van der Waals surface area contributed by atoms with E-state index in [9.17, 15) is 18.0 Å². The van der Waals surface area contributed by atoms with Gasteiger partial charge in [0.2, 0.25) is 0 Å².